The van der Waals surface area contributed by atoms with Crippen molar-refractivity contribution < 1.29 is 0 Å². The molecule has 0 aromatic rings. The summed E-state index contributed by atoms with van der Waals surface area (Å²) in [5.74, 6) is 1.69. The van der Waals surface area contributed by atoms with Crippen molar-refractivity contribution in [3.05, 3.63) is 0 Å². The summed E-state index contributed by atoms with van der Waals surface area (Å²) in [6.07, 6.45) is 6.25. The fraction of sp³-hybridized carbons (Fsp3) is 1.00. The zero-order chi connectivity index (χ0) is 10.8. The minimum Gasteiger partial charge on any atom is -0.179 e. The zero-order valence-corrected chi connectivity index (χ0v) is 11.8. The van der Waals surface area contributed by atoms with E-state index in [0.717, 1.165) is 5.75 Å². The van der Waals surface area contributed by atoms with Crippen LogP contribution in [0.5, 0.6) is 0 Å². The van der Waals surface area contributed by atoms with Crippen LogP contribution in [-0.2, 0) is 0 Å². The minimum atomic E-state index is 0.0668. The second-order valence-electron chi connectivity index (χ2n) is 4.88. The molecule has 1 aliphatic rings. The van der Waals surface area contributed by atoms with E-state index in [1.165, 1.54) is 32.1 Å². The van der Waals surface area contributed by atoms with E-state index in [0.29, 0.717) is 5.92 Å². The van der Waals surface area contributed by atoms with Crippen LogP contribution in [0.15, 0.2) is 0 Å². The van der Waals surface area contributed by atoms with Gasteiger partial charge in [-0.1, -0.05) is 6.42 Å². The fourth-order valence-electron chi connectivity index (χ4n) is 2.43. The van der Waals surface area contributed by atoms with Gasteiger partial charge < -0.3 is 0 Å². The molecule has 0 aromatic heterocycles. The molecular formula is C11H22S3. The predicted molar refractivity (Wildman–Crippen MR) is 75.2 cm³/mol. The van der Waals surface area contributed by atoms with Crippen molar-refractivity contribution in [2.45, 2.75) is 55.4 Å². The molecule has 0 bridgehead atoms. The van der Waals surface area contributed by atoms with E-state index in [1.54, 1.807) is 0 Å². The normalized spacial score (nSPS) is 43.9. The lowest BCUT2D eigenvalue weighted by Crippen LogP contribution is -2.50. The van der Waals surface area contributed by atoms with E-state index in [9.17, 15) is 0 Å². The SMILES string of the molecule is CC1(S)CCCC(CCCS)C1(C)S. The zero-order valence-electron chi connectivity index (χ0n) is 9.16. The molecule has 14 heavy (non-hydrogen) atoms. The molecule has 0 amide bonds. The monoisotopic (exact) mass is 250 g/mol. The fourth-order valence-corrected chi connectivity index (χ4v) is 3.32. The third-order valence-corrected chi connectivity index (χ3v) is 5.85. The third-order valence-electron chi connectivity index (χ3n) is 3.81. The molecule has 1 aliphatic carbocycles. The molecular weight excluding hydrogens is 228 g/mol. The average molecular weight is 250 g/mol. The van der Waals surface area contributed by atoms with Crippen LogP contribution in [0, 0.1) is 5.92 Å². The molecule has 3 heteroatoms. The number of hydrogen-bond donors (Lipinski definition) is 3. The smallest absolute Gasteiger partial charge is 0.0271 e. The Morgan fingerprint density at radius 3 is 2.50 bits per heavy atom. The molecule has 0 aromatic carbocycles. The van der Waals surface area contributed by atoms with Gasteiger partial charge in [0.05, 0.1) is 0 Å². The Hall–Kier alpha value is 1.05. The topological polar surface area (TPSA) is 0 Å². The van der Waals surface area contributed by atoms with Crippen LogP contribution in [0.3, 0.4) is 0 Å². The maximum Gasteiger partial charge on any atom is 0.0271 e. The second-order valence-corrected chi connectivity index (χ2v) is 7.24. The summed E-state index contributed by atoms with van der Waals surface area (Å²) in [5, 5.41) is 0. The van der Waals surface area contributed by atoms with Crippen molar-refractivity contribution in [3.8, 4) is 0 Å². The first-order valence-corrected chi connectivity index (χ1v) is 7.00. The van der Waals surface area contributed by atoms with Crippen LogP contribution in [0.2, 0.25) is 0 Å². The molecule has 0 aliphatic heterocycles. The summed E-state index contributed by atoms with van der Waals surface area (Å²) in [7, 11) is 0. The Morgan fingerprint density at radius 1 is 1.29 bits per heavy atom. The summed E-state index contributed by atoms with van der Waals surface area (Å²) in [4.78, 5) is 0. The molecule has 1 fully saturated rings. The summed E-state index contributed by atoms with van der Waals surface area (Å²) >= 11 is 13.9. The van der Waals surface area contributed by atoms with Crippen LogP contribution in [0.4, 0.5) is 0 Å². The van der Waals surface area contributed by atoms with Gasteiger partial charge in [0.25, 0.3) is 0 Å². The Balaban J connectivity index is 2.66. The van der Waals surface area contributed by atoms with E-state index in [4.69, 9.17) is 25.3 Å². The maximum atomic E-state index is 4.87. The van der Waals surface area contributed by atoms with Crippen LogP contribution in [0.25, 0.3) is 0 Å². The van der Waals surface area contributed by atoms with E-state index in [1.807, 2.05) is 0 Å². The largest absolute Gasteiger partial charge is 0.179 e. The highest BCUT2D eigenvalue weighted by Gasteiger charge is 2.46. The first kappa shape index (κ1) is 13.1. The van der Waals surface area contributed by atoms with Gasteiger partial charge >= 0.3 is 0 Å². The Bertz CT molecular complexity index is 187. The van der Waals surface area contributed by atoms with E-state index in [2.05, 4.69) is 26.5 Å². The molecule has 1 rings (SSSR count). The van der Waals surface area contributed by atoms with Gasteiger partial charge in [-0.25, -0.2) is 0 Å². The molecule has 0 nitrogen and oxygen atoms in total. The van der Waals surface area contributed by atoms with Crippen molar-refractivity contribution in [2.24, 2.45) is 5.92 Å². The van der Waals surface area contributed by atoms with Crippen LogP contribution >= 0.6 is 37.9 Å². The van der Waals surface area contributed by atoms with Crippen molar-refractivity contribution in [1.29, 1.82) is 0 Å². The molecule has 84 valence electrons. The summed E-state index contributed by atoms with van der Waals surface area (Å²) in [6, 6.07) is 0. The molecule has 3 unspecified atom stereocenters. The standard InChI is InChI=1S/C11H22S3/c1-10(13)7-3-5-9(6-4-8-12)11(10,2)14/h9,12-14H,3-8H2,1-2H3. The maximum absolute atomic E-state index is 4.87. The van der Waals surface area contributed by atoms with Gasteiger partial charge in [-0.3, -0.25) is 0 Å². The Kier molecular flexibility index (Phi) is 4.61. The summed E-state index contributed by atoms with van der Waals surface area (Å²) < 4.78 is 0.146. The van der Waals surface area contributed by atoms with Crippen molar-refractivity contribution in [2.75, 3.05) is 5.75 Å². The number of thiol groups is 3. The van der Waals surface area contributed by atoms with Gasteiger partial charge in [0.2, 0.25) is 0 Å². The second kappa shape index (κ2) is 4.92. The van der Waals surface area contributed by atoms with Gasteiger partial charge in [0, 0.05) is 9.49 Å². The highest BCUT2D eigenvalue weighted by atomic mass is 32.1. The number of hydrogen-bond acceptors (Lipinski definition) is 3. The van der Waals surface area contributed by atoms with Gasteiger partial charge in [0.1, 0.15) is 0 Å². The molecule has 0 saturated heterocycles. The van der Waals surface area contributed by atoms with Gasteiger partial charge in [-0.2, -0.15) is 37.9 Å². The lowest BCUT2D eigenvalue weighted by molar-refractivity contribution is 0.232. The van der Waals surface area contributed by atoms with E-state index in [-0.39, 0.29) is 9.49 Å². The lowest BCUT2D eigenvalue weighted by atomic mass is 9.70. The van der Waals surface area contributed by atoms with E-state index < -0.39 is 0 Å². The average Bonchev–Trinajstić information content (AvgIpc) is 2.08. The first-order chi connectivity index (χ1) is 6.42. The van der Waals surface area contributed by atoms with Crippen LogP contribution < -0.4 is 0 Å². The quantitative estimate of drug-likeness (QED) is 0.622. The van der Waals surface area contributed by atoms with Gasteiger partial charge in [0.15, 0.2) is 0 Å². The lowest BCUT2D eigenvalue weighted by Gasteiger charge is -2.49. The predicted octanol–water partition coefficient (Wildman–Crippen LogP) is 3.87. The van der Waals surface area contributed by atoms with Crippen LogP contribution in [-0.4, -0.2) is 15.2 Å². The molecule has 0 heterocycles. The molecule has 0 spiro atoms. The molecule has 0 N–H and O–H groups in total. The summed E-state index contributed by atoms with van der Waals surface area (Å²) in [6.45, 7) is 4.49. The first-order valence-electron chi connectivity index (χ1n) is 5.47. The van der Waals surface area contributed by atoms with Gasteiger partial charge in [-0.05, 0) is 51.2 Å². The van der Waals surface area contributed by atoms with Gasteiger partial charge in [-0.15, -0.1) is 0 Å². The van der Waals surface area contributed by atoms with Crippen molar-refractivity contribution in [1.82, 2.24) is 0 Å². The third kappa shape index (κ3) is 2.59. The molecule has 3 atom stereocenters. The highest BCUT2D eigenvalue weighted by Crippen LogP contribution is 2.50. The van der Waals surface area contributed by atoms with Crippen molar-refractivity contribution >= 4 is 37.9 Å². The van der Waals surface area contributed by atoms with Crippen molar-refractivity contribution in [3.63, 3.8) is 0 Å². The van der Waals surface area contributed by atoms with Crippen LogP contribution in [0.1, 0.15) is 46.0 Å². The Morgan fingerprint density at radius 2 is 1.93 bits per heavy atom. The number of rotatable bonds is 3. The summed E-state index contributed by atoms with van der Waals surface area (Å²) in [5.41, 5.74) is 0. The molecule has 0 radical (unpaired) electrons. The van der Waals surface area contributed by atoms with E-state index >= 15 is 0 Å². The minimum absolute atomic E-state index is 0.0668. The Labute approximate surface area is 105 Å². The highest BCUT2D eigenvalue weighted by molar-refractivity contribution is 7.86. The molecule has 1 saturated carbocycles.